The maximum atomic E-state index is 11.6. The maximum Gasteiger partial charge on any atom is 0.360 e. The molecule has 0 saturated carbocycles. The third-order valence-corrected chi connectivity index (χ3v) is 2.45. The second-order valence-corrected chi connectivity index (χ2v) is 3.82. The van der Waals surface area contributed by atoms with Gasteiger partial charge in [-0.1, -0.05) is 30.3 Å². The van der Waals surface area contributed by atoms with E-state index >= 15 is 0 Å². The highest BCUT2D eigenvalue weighted by atomic mass is 16.5. The highest BCUT2D eigenvalue weighted by Gasteiger charge is 2.17. The van der Waals surface area contributed by atoms with Crippen molar-refractivity contribution >= 4 is 5.97 Å². The van der Waals surface area contributed by atoms with Gasteiger partial charge in [0, 0.05) is 0 Å². The Kier molecular flexibility index (Phi) is 4.69. The first-order valence-corrected chi connectivity index (χ1v) is 6.02. The Hall–Kier alpha value is -2.14. The minimum atomic E-state index is -0.491. The number of benzene rings is 1. The molecule has 0 N–H and O–H groups in total. The van der Waals surface area contributed by atoms with E-state index in [2.05, 4.69) is 4.98 Å². The van der Waals surface area contributed by atoms with Crippen molar-refractivity contribution < 1.29 is 18.7 Å². The van der Waals surface area contributed by atoms with Gasteiger partial charge in [0.1, 0.15) is 6.61 Å². The van der Waals surface area contributed by atoms with E-state index in [0.29, 0.717) is 19.0 Å². The first kappa shape index (κ1) is 13.3. The Morgan fingerprint density at radius 1 is 1.26 bits per heavy atom. The lowest BCUT2D eigenvalue weighted by atomic mass is 10.2. The third kappa shape index (κ3) is 3.66. The molecular weight excluding hydrogens is 246 g/mol. The average Bonchev–Trinajstić information content (AvgIpc) is 2.89. The molecule has 0 fully saturated rings. The standard InChI is InChI=1S/C14H15NO4/c1-2-18-14(16)13-12(19-10-15-13)9-17-8-11-6-4-3-5-7-11/h3-7,10H,2,8-9H2,1H3. The number of carbonyl (C=O) groups excluding carboxylic acids is 1. The molecular formula is C14H15NO4. The lowest BCUT2D eigenvalue weighted by Crippen LogP contribution is -2.08. The summed E-state index contributed by atoms with van der Waals surface area (Å²) in [6.07, 6.45) is 1.22. The SMILES string of the molecule is CCOC(=O)c1ncoc1COCc1ccccc1. The number of hydrogen-bond donors (Lipinski definition) is 0. The van der Waals surface area contributed by atoms with Crippen LogP contribution in [0.5, 0.6) is 0 Å². The Morgan fingerprint density at radius 2 is 2.05 bits per heavy atom. The minimum Gasteiger partial charge on any atom is -0.461 e. The molecule has 1 aromatic carbocycles. The monoisotopic (exact) mass is 261 g/mol. The van der Waals surface area contributed by atoms with Crippen molar-refractivity contribution in [2.75, 3.05) is 6.61 Å². The molecule has 2 rings (SSSR count). The Balaban J connectivity index is 1.90. The number of carbonyl (C=O) groups is 1. The van der Waals surface area contributed by atoms with E-state index in [0.717, 1.165) is 5.56 Å². The second kappa shape index (κ2) is 6.70. The summed E-state index contributed by atoms with van der Waals surface area (Å²) < 4.78 is 15.5. The van der Waals surface area contributed by atoms with Crippen molar-refractivity contribution in [1.82, 2.24) is 4.98 Å². The Bertz CT molecular complexity index is 521. The van der Waals surface area contributed by atoms with Gasteiger partial charge in [-0.15, -0.1) is 0 Å². The molecule has 0 aliphatic carbocycles. The summed E-state index contributed by atoms with van der Waals surface area (Å²) >= 11 is 0. The van der Waals surface area contributed by atoms with E-state index in [1.807, 2.05) is 30.3 Å². The van der Waals surface area contributed by atoms with Gasteiger partial charge in [-0.05, 0) is 12.5 Å². The summed E-state index contributed by atoms with van der Waals surface area (Å²) in [5.41, 5.74) is 1.23. The molecule has 0 bridgehead atoms. The largest absolute Gasteiger partial charge is 0.461 e. The average molecular weight is 261 g/mol. The van der Waals surface area contributed by atoms with Gasteiger partial charge in [-0.3, -0.25) is 0 Å². The molecule has 0 aliphatic heterocycles. The van der Waals surface area contributed by atoms with Crippen LogP contribution in [0.25, 0.3) is 0 Å². The van der Waals surface area contributed by atoms with Crippen LogP contribution < -0.4 is 0 Å². The molecule has 19 heavy (non-hydrogen) atoms. The number of rotatable bonds is 6. The van der Waals surface area contributed by atoms with Crippen molar-refractivity contribution in [2.24, 2.45) is 0 Å². The summed E-state index contributed by atoms with van der Waals surface area (Å²) in [7, 11) is 0. The van der Waals surface area contributed by atoms with Crippen LogP contribution in [-0.2, 0) is 22.7 Å². The normalized spacial score (nSPS) is 10.4. The second-order valence-electron chi connectivity index (χ2n) is 3.82. The molecule has 0 amide bonds. The fourth-order valence-electron chi connectivity index (χ4n) is 1.57. The van der Waals surface area contributed by atoms with Crippen molar-refractivity contribution in [3.63, 3.8) is 0 Å². The van der Waals surface area contributed by atoms with Crippen LogP contribution >= 0.6 is 0 Å². The van der Waals surface area contributed by atoms with Crippen LogP contribution in [0.2, 0.25) is 0 Å². The lowest BCUT2D eigenvalue weighted by Gasteiger charge is -2.03. The molecule has 5 heteroatoms. The number of aromatic nitrogens is 1. The molecule has 0 unspecified atom stereocenters. The fraction of sp³-hybridized carbons (Fsp3) is 0.286. The van der Waals surface area contributed by atoms with Crippen LogP contribution in [0.15, 0.2) is 41.1 Å². The molecule has 0 radical (unpaired) electrons. The molecule has 0 aliphatic rings. The topological polar surface area (TPSA) is 61.6 Å². The van der Waals surface area contributed by atoms with Gasteiger partial charge in [-0.2, -0.15) is 0 Å². The number of esters is 1. The fourth-order valence-corrected chi connectivity index (χ4v) is 1.57. The molecule has 2 aromatic rings. The van der Waals surface area contributed by atoms with Crippen molar-refractivity contribution in [1.29, 1.82) is 0 Å². The molecule has 1 aromatic heterocycles. The van der Waals surface area contributed by atoms with E-state index in [1.54, 1.807) is 6.92 Å². The van der Waals surface area contributed by atoms with E-state index in [-0.39, 0.29) is 12.3 Å². The van der Waals surface area contributed by atoms with Crippen LogP contribution in [0.3, 0.4) is 0 Å². The zero-order chi connectivity index (χ0) is 13.5. The van der Waals surface area contributed by atoms with Gasteiger partial charge in [0.15, 0.2) is 17.8 Å². The smallest absolute Gasteiger partial charge is 0.360 e. The maximum absolute atomic E-state index is 11.6. The summed E-state index contributed by atoms with van der Waals surface area (Å²) in [6, 6.07) is 9.76. The van der Waals surface area contributed by atoms with Crippen molar-refractivity contribution in [3.05, 3.63) is 53.7 Å². The first-order valence-electron chi connectivity index (χ1n) is 6.02. The predicted molar refractivity (Wildman–Crippen MR) is 67.4 cm³/mol. The van der Waals surface area contributed by atoms with Gasteiger partial charge < -0.3 is 13.9 Å². The first-order chi connectivity index (χ1) is 9.31. The van der Waals surface area contributed by atoms with Crippen LogP contribution in [-0.4, -0.2) is 17.6 Å². The summed E-state index contributed by atoms with van der Waals surface area (Å²) in [6.45, 7) is 2.67. The number of ether oxygens (including phenoxy) is 2. The minimum absolute atomic E-state index is 0.176. The third-order valence-electron chi connectivity index (χ3n) is 2.45. The van der Waals surface area contributed by atoms with E-state index in [9.17, 15) is 4.79 Å². The molecule has 0 spiro atoms. The molecule has 5 nitrogen and oxygen atoms in total. The molecule has 0 atom stereocenters. The van der Waals surface area contributed by atoms with E-state index in [4.69, 9.17) is 13.9 Å². The lowest BCUT2D eigenvalue weighted by molar-refractivity contribution is 0.0503. The van der Waals surface area contributed by atoms with Crippen LogP contribution in [0.4, 0.5) is 0 Å². The van der Waals surface area contributed by atoms with Gasteiger partial charge in [-0.25, -0.2) is 9.78 Å². The Morgan fingerprint density at radius 3 is 2.79 bits per heavy atom. The quantitative estimate of drug-likeness (QED) is 0.748. The van der Waals surface area contributed by atoms with Gasteiger partial charge in [0.2, 0.25) is 0 Å². The zero-order valence-corrected chi connectivity index (χ0v) is 10.7. The molecule has 100 valence electrons. The van der Waals surface area contributed by atoms with Crippen molar-refractivity contribution in [2.45, 2.75) is 20.1 Å². The van der Waals surface area contributed by atoms with Gasteiger partial charge >= 0.3 is 5.97 Å². The highest BCUT2D eigenvalue weighted by molar-refractivity contribution is 5.88. The molecule has 1 heterocycles. The van der Waals surface area contributed by atoms with Gasteiger partial charge in [0.25, 0.3) is 0 Å². The summed E-state index contributed by atoms with van der Waals surface area (Å²) in [5.74, 6) is -0.107. The van der Waals surface area contributed by atoms with Crippen LogP contribution in [0.1, 0.15) is 28.7 Å². The molecule has 0 saturated heterocycles. The number of nitrogens with zero attached hydrogens (tertiary/aromatic N) is 1. The predicted octanol–water partition coefficient (Wildman–Crippen LogP) is 2.57. The van der Waals surface area contributed by atoms with Gasteiger partial charge in [0.05, 0.1) is 13.2 Å². The van der Waals surface area contributed by atoms with Crippen molar-refractivity contribution in [3.8, 4) is 0 Å². The Labute approximate surface area is 111 Å². The highest BCUT2D eigenvalue weighted by Crippen LogP contribution is 2.11. The summed E-state index contributed by atoms with van der Waals surface area (Å²) in [4.78, 5) is 15.4. The summed E-state index contributed by atoms with van der Waals surface area (Å²) in [5, 5.41) is 0. The van der Waals surface area contributed by atoms with E-state index in [1.165, 1.54) is 6.39 Å². The number of oxazole rings is 1. The van der Waals surface area contributed by atoms with Crippen LogP contribution in [0, 0.1) is 0 Å². The number of hydrogen-bond acceptors (Lipinski definition) is 5. The zero-order valence-electron chi connectivity index (χ0n) is 10.7. The van der Waals surface area contributed by atoms with E-state index < -0.39 is 5.97 Å².